The zero-order valence-corrected chi connectivity index (χ0v) is 11.3. The van der Waals surface area contributed by atoms with Crippen molar-refractivity contribution in [2.75, 3.05) is 0 Å². The Labute approximate surface area is 110 Å². The lowest BCUT2D eigenvalue weighted by Gasteiger charge is -2.17. The molecule has 1 atom stereocenters. The van der Waals surface area contributed by atoms with Gasteiger partial charge in [-0.2, -0.15) is 0 Å². The van der Waals surface area contributed by atoms with Crippen molar-refractivity contribution in [3.8, 4) is 0 Å². The first-order valence-electron chi connectivity index (χ1n) is 6.14. The summed E-state index contributed by atoms with van der Waals surface area (Å²) in [6, 6.07) is 1.08. The second-order valence-corrected chi connectivity index (χ2v) is 6.08. The molecule has 1 heterocycles. The number of nitrogens with one attached hydrogen (secondary N) is 1. The molecule has 1 aliphatic rings. The Kier molecular flexibility index (Phi) is 3.71. The second-order valence-electron chi connectivity index (χ2n) is 4.95. The third kappa shape index (κ3) is 2.56. The first kappa shape index (κ1) is 13.1. The van der Waals surface area contributed by atoms with E-state index in [1.54, 1.807) is 13.8 Å². The minimum absolute atomic E-state index is 0.127. The van der Waals surface area contributed by atoms with Gasteiger partial charge in [-0.25, -0.2) is 4.79 Å². The molecule has 4 nitrogen and oxygen atoms in total. The SMILES string of the molecule is CC(C)[C@@H](NC(=O)c1cc2c(s1)CCC2)C(=O)O. The Bertz CT molecular complexity index is 457. The van der Waals surface area contributed by atoms with Crippen molar-refractivity contribution in [2.45, 2.75) is 39.2 Å². The topological polar surface area (TPSA) is 66.4 Å². The molecule has 0 fully saturated rings. The Morgan fingerprint density at radius 2 is 2.11 bits per heavy atom. The van der Waals surface area contributed by atoms with Gasteiger partial charge in [0.1, 0.15) is 6.04 Å². The normalized spacial score (nSPS) is 15.5. The van der Waals surface area contributed by atoms with Gasteiger partial charge in [0.25, 0.3) is 5.91 Å². The van der Waals surface area contributed by atoms with Crippen LogP contribution in [0.3, 0.4) is 0 Å². The number of carboxylic acid groups (broad SMARTS) is 1. The van der Waals surface area contributed by atoms with E-state index in [9.17, 15) is 9.59 Å². The van der Waals surface area contributed by atoms with Crippen molar-refractivity contribution >= 4 is 23.2 Å². The zero-order valence-electron chi connectivity index (χ0n) is 10.5. The molecule has 0 aromatic carbocycles. The van der Waals surface area contributed by atoms with E-state index in [4.69, 9.17) is 5.11 Å². The molecule has 2 N–H and O–H groups in total. The van der Waals surface area contributed by atoms with Gasteiger partial charge in [0.15, 0.2) is 0 Å². The summed E-state index contributed by atoms with van der Waals surface area (Å²) in [6.45, 7) is 3.57. The molecule has 0 saturated heterocycles. The van der Waals surface area contributed by atoms with Crippen LogP contribution in [0.25, 0.3) is 0 Å². The number of carbonyl (C=O) groups is 2. The summed E-state index contributed by atoms with van der Waals surface area (Å²) in [5.41, 5.74) is 1.25. The van der Waals surface area contributed by atoms with Crippen LogP contribution in [0.2, 0.25) is 0 Å². The fourth-order valence-corrected chi connectivity index (χ4v) is 3.32. The molecular weight excluding hydrogens is 250 g/mol. The maximum Gasteiger partial charge on any atom is 0.326 e. The number of carbonyl (C=O) groups excluding carboxylic acids is 1. The Morgan fingerprint density at radius 1 is 1.39 bits per heavy atom. The van der Waals surface area contributed by atoms with Crippen LogP contribution >= 0.6 is 11.3 Å². The van der Waals surface area contributed by atoms with Crippen molar-refractivity contribution < 1.29 is 14.7 Å². The molecule has 1 aliphatic carbocycles. The third-order valence-corrected chi connectivity index (χ3v) is 4.43. The Morgan fingerprint density at radius 3 is 2.67 bits per heavy atom. The van der Waals surface area contributed by atoms with E-state index < -0.39 is 12.0 Å². The highest BCUT2D eigenvalue weighted by Gasteiger charge is 2.25. The Hall–Kier alpha value is -1.36. The predicted octanol–water partition coefficient (Wildman–Crippen LogP) is 2.08. The molecule has 0 spiro atoms. The van der Waals surface area contributed by atoms with E-state index in [0.717, 1.165) is 19.3 Å². The molecule has 0 saturated carbocycles. The van der Waals surface area contributed by atoms with Gasteiger partial charge in [-0.15, -0.1) is 11.3 Å². The van der Waals surface area contributed by atoms with Crippen molar-refractivity contribution in [1.82, 2.24) is 5.32 Å². The summed E-state index contributed by atoms with van der Waals surface area (Å²) < 4.78 is 0. The first-order valence-corrected chi connectivity index (χ1v) is 6.96. The molecule has 5 heteroatoms. The van der Waals surface area contributed by atoms with Crippen LogP contribution < -0.4 is 5.32 Å². The van der Waals surface area contributed by atoms with Crippen LogP contribution in [0.5, 0.6) is 0 Å². The fourth-order valence-electron chi connectivity index (χ4n) is 2.17. The number of amides is 1. The second kappa shape index (κ2) is 5.10. The van der Waals surface area contributed by atoms with Crippen LogP contribution in [-0.2, 0) is 17.6 Å². The molecule has 0 bridgehead atoms. The minimum Gasteiger partial charge on any atom is -0.480 e. The van der Waals surface area contributed by atoms with E-state index >= 15 is 0 Å². The van der Waals surface area contributed by atoms with Gasteiger partial charge in [0.2, 0.25) is 0 Å². The number of rotatable bonds is 4. The first-order chi connectivity index (χ1) is 8.49. The highest BCUT2D eigenvalue weighted by molar-refractivity contribution is 7.14. The average molecular weight is 267 g/mol. The third-order valence-electron chi connectivity index (χ3n) is 3.19. The van der Waals surface area contributed by atoms with Gasteiger partial charge >= 0.3 is 5.97 Å². The molecule has 0 aliphatic heterocycles. The number of thiophene rings is 1. The predicted molar refractivity (Wildman–Crippen MR) is 70.1 cm³/mol. The largest absolute Gasteiger partial charge is 0.480 e. The molecule has 0 radical (unpaired) electrons. The summed E-state index contributed by atoms with van der Waals surface area (Å²) >= 11 is 1.49. The number of fused-ring (bicyclic) bond motifs is 1. The van der Waals surface area contributed by atoms with Gasteiger partial charge in [0.05, 0.1) is 4.88 Å². The van der Waals surface area contributed by atoms with Gasteiger partial charge < -0.3 is 10.4 Å². The fraction of sp³-hybridized carbons (Fsp3) is 0.538. The van der Waals surface area contributed by atoms with Gasteiger partial charge in [-0.05, 0) is 36.8 Å². The highest BCUT2D eigenvalue weighted by Crippen LogP contribution is 2.30. The van der Waals surface area contributed by atoms with Crippen LogP contribution in [-0.4, -0.2) is 23.0 Å². The van der Waals surface area contributed by atoms with Crippen LogP contribution in [0.1, 0.15) is 40.4 Å². The Balaban J connectivity index is 2.09. The van der Waals surface area contributed by atoms with Crippen molar-refractivity contribution in [1.29, 1.82) is 0 Å². The quantitative estimate of drug-likeness (QED) is 0.877. The molecule has 98 valence electrons. The lowest BCUT2D eigenvalue weighted by atomic mass is 10.0. The standard InChI is InChI=1S/C13H17NO3S/c1-7(2)11(13(16)17)14-12(15)10-6-8-4-3-5-9(8)18-10/h6-7,11H,3-5H2,1-2H3,(H,14,15)(H,16,17)/t11-/m1/s1. The van der Waals surface area contributed by atoms with E-state index in [0.29, 0.717) is 4.88 Å². The summed E-state index contributed by atoms with van der Waals surface area (Å²) in [6.07, 6.45) is 3.23. The summed E-state index contributed by atoms with van der Waals surface area (Å²) in [5, 5.41) is 11.6. The molecule has 1 aromatic heterocycles. The van der Waals surface area contributed by atoms with Gasteiger partial charge in [-0.1, -0.05) is 13.8 Å². The van der Waals surface area contributed by atoms with E-state index in [-0.39, 0.29) is 11.8 Å². The monoisotopic (exact) mass is 267 g/mol. The summed E-state index contributed by atoms with van der Waals surface area (Å²) in [4.78, 5) is 24.9. The molecule has 1 amide bonds. The van der Waals surface area contributed by atoms with Gasteiger partial charge in [0, 0.05) is 4.88 Å². The van der Waals surface area contributed by atoms with E-state index in [1.165, 1.54) is 21.8 Å². The van der Waals surface area contributed by atoms with Gasteiger partial charge in [-0.3, -0.25) is 4.79 Å². The molecule has 1 aromatic rings. The molecule has 2 rings (SSSR count). The highest BCUT2D eigenvalue weighted by atomic mass is 32.1. The zero-order chi connectivity index (χ0) is 13.3. The number of aryl methyl sites for hydroxylation is 2. The van der Waals surface area contributed by atoms with Crippen molar-refractivity contribution in [3.63, 3.8) is 0 Å². The number of aliphatic carboxylic acids is 1. The number of carboxylic acids is 1. The summed E-state index contributed by atoms with van der Waals surface area (Å²) in [7, 11) is 0. The van der Waals surface area contributed by atoms with Crippen LogP contribution in [0.4, 0.5) is 0 Å². The van der Waals surface area contributed by atoms with E-state index in [2.05, 4.69) is 5.32 Å². The van der Waals surface area contributed by atoms with Crippen LogP contribution in [0.15, 0.2) is 6.07 Å². The number of hydrogen-bond acceptors (Lipinski definition) is 3. The lowest BCUT2D eigenvalue weighted by molar-refractivity contribution is -0.140. The maximum absolute atomic E-state index is 12.0. The number of hydrogen-bond donors (Lipinski definition) is 2. The van der Waals surface area contributed by atoms with Crippen molar-refractivity contribution in [2.24, 2.45) is 5.92 Å². The smallest absolute Gasteiger partial charge is 0.326 e. The lowest BCUT2D eigenvalue weighted by Crippen LogP contribution is -2.44. The van der Waals surface area contributed by atoms with Crippen LogP contribution in [0, 0.1) is 5.92 Å². The molecule has 0 unspecified atom stereocenters. The summed E-state index contributed by atoms with van der Waals surface area (Å²) in [5.74, 6) is -1.38. The molecule has 18 heavy (non-hydrogen) atoms. The minimum atomic E-state index is -0.984. The molecular formula is C13H17NO3S. The van der Waals surface area contributed by atoms with E-state index in [1.807, 2.05) is 6.07 Å². The average Bonchev–Trinajstić information content (AvgIpc) is 2.84. The maximum atomic E-state index is 12.0. The van der Waals surface area contributed by atoms with Crippen molar-refractivity contribution in [3.05, 3.63) is 21.4 Å².